The van der Waals surface area contributed by atoms with Crippen LogP contribution in [0.5, 0.6) is 0 Å². The molecule has 0 N–H and O–H groups in total. The van der Waals surface area contributed by atoms with Crippen LogP contribution in [0.4, 0.5) is 5.69 Å². The van der Waals surface area contributed by atoms with Crippen molar-refractivity contribution in [2.45, 2.75) is 25.0 Å². The first-order valence-corrected chi connectivity index (χ1v) is 12.9. The van der Waals surface area contributed by atoms with Gasteiger partial charge in [0.25, 0.3) is 0 Å². The van der Waals surface area contributed by atoms with E-state index >= 15 is 0 Å². The number of quaternary nitrogens is 1. The topological polar surface area (TPSA) is 46.6 Å². The predicted molar refractivity (Wildman–Crippen MR) is 135 cm³/mol. The number of nitrogens with zero attached hydrogens (tertiary/aromatic N) is 2. The van der Waals surface area contributed by atoms with Gasteiger partial charge in [-0.05, 0) is 29.1 Å². The Labute approximate surface area is 205 Å². The summed E-state index contributed by atoms with van der Waals surface area (Å²) in [4.78, 5) is 28.6. The monoisotopic (exact) mass is 475 g/mol. The number of Topliss-reactive ketones (excluding diaryl/α,β-unsaturated/α-hetero) is 1. The van der Waals surface area contributed by atoms with Gasteiger partial charge in [-0.25, -0.2) is 4.79 Å². The van der Waals surface area contributed by atoms with Crippen LogP contribution in [-0.4, -0.2) is 55.6 Å². The summed E-state index contributed by atoms with van der Waals surface area (Å²) in [6, 6.07) is 21.2. The van der Waals surface area contributed by atoms with Crippen LogP contribution in [0, 0.1) is 5.92 Å². The van der Waals surface area contributed by atoms with E-state index in [-0.39, 0.29) is 17.9 Å². The number of thiophene rings is 1. The molecule has 0 amide bonds. The molecule has 176 valence electrons. The van der Waals surface area contributed by atoms with Crippen LogP contribution in [0.15, 0.2) is 77.5 Å². The van der Waals surface area contributed by atoms with E-state index in [0.29, 0.717) is 12.5 Å². The van der Waals surface area contributed by atoms with Crippen LogP contribution in [0.1, 0.15) is 34.8 Å². The zero-order valence-corrected chi connectivity index (χ0v) is 20.3. The molecule has 6 heteroatoms. The standard InChI is InChI=1S/C28H31N2O3S/c1-29(24-10-6-3-7-11-24)27(22-8-4-2-5-9-22)28(32)33-26-19-30(15-12-21(26)13-16-30)18-25(31)23-14-17-34-20-23/h2-11,14,17,20-21,26-27H,12-13,15-16,18-19H2,1H3/q+1/t21?,26-,27?,30?/m0/s1. The van der Waals surface area contributed by atoms with Gasteiger partial charge < -0.3 is 14.1 Å². The van der Waals surface area contributed by atoms with Crippen molar-refractivity contribution in [1.82, 2.24) is 0 Å². The number of ketones is 1. The Morgan fingerprint density at radius 1 is 1.03 bits per heavy atom. The van der Waals surface area contributed by atoms with Gasteiger partial charge >= 0.3 is 5.97 Å². The Kier molecular flexibility index (Phi) is 6.53. The number of rotatable bonds is 8. The van der Waals surface area contributed by atoms with E-state index in [1.54, 1.807) is 11.3 Å². The van der Waals surface area contributed by atoms with E-state index in [0.717, 1.165) is 53.8 Å². The number of likely N-dealkylation sites (N-methyl/N-ethyl adjacent to an activating group) is 1. The van der Waals surface area contributed by atoms with Crippen molar-refractivity contribution in [2.75, 3.05) is 38.1 Å². The molecule has 3 aromatic rings. The van der Waals surface area contributed by atoms with Crippen molar-refractivity contribution in [3.63, 3.8) is 0 Å². The molecular weight excluding hydrogens is 444 g/mol. The van der Waals surface area contributed by atoms with Crippen molar-refractivity contribution in [3.8, 4) is 0 Å². The van der Waals surface area contributed by atoms with Gasteiger partial charge in [0.2, 0.25) is 5.78 Å². The maximum atomic E-state index is 13.7. The van der Waals surface area contributed by atoms with Gasteiger partial charge in [0.05, 0.1) is 13.1 Å². The molecule has 2 bridgehead atoms. The van der Waals surface area contributed by atoms with E-state index < -0.39 is 6.04 Å². The number of ether oxygens (including phenoxy) is 1. The number of anilines is 1. The Balaban J connectivity index is 1.34. The smallest absolute Gasteiger partial charge is 0.333 e. The molecule has 5 nitrogen and oxygen atoms in total. The van der Waals surface area contributed by atoms with Crippen molar-refractivity contribution in [2.24, 2.45) is 5.92 Å². The zero-order valence-electron chi connectivity index (χ0n) is 19.5. The first-order valence-electron chi connectivity index (χ1n) is 12.0. The normalized spacial score (nSPS) is 24.4. The summed E-state index contributed by atoms with van der Waals surface area (Å²) in [7, 11) is 1.94. The molecule has 3 saturated heterocycles. The first kappa shape index (κ1) is 22.8. The summed E-state index contributed by atoms with van der Waals surface area (Å²) in [5.74, 6) is 0.343. The fourth-order valence-corrected chi connectivity index (χ4v) is 6.24. The highest BCUT2D eigenvalue weighted by Crippen LogP contribution is 2.37. The van der Waals surface area contributed by atoms with Gasteiger partial charge in [-0.2, -0.15) is 11.3 Å². The highest BCUT2D eigenvalue weighted by Gasteiger charge is 2.49. The largest absolute Gasteiger partial charge is 0.454 e. The molecule has 0 aliphatic carbocycles. The van der Waals surface area contributed by atoms with Crippen molar-refractivity contribution in [3.05, 3.63) is 88.6 Å². The third kappa shape index (κ3) is 4.65. The molecule has 6 rings (SSSR count). The summed E-state index contributed by atoms with van der Waals surface area (Å²) >= 11 is 1.56. The average Bonchev–Trinajstić information content (AvgIpc) is 3.41. The second-order valence-corrected chi connectivity index (χ2v) is 10.4. The maximum absolute atomic E-state index is 13.7. The molecule has 1 unspecified atom stereocenters. The molecule has 0 radical (unpaired) electrons. The fraction of sp³-hybridized carbons (Fsp3) is 0.357. The highest BCUT2D eigenvalue weighted by molar-refractivity contribution is 7.08. The molecule has 0 spiro atoms. The SMILES string of the molecule is CN(c1ccccc1)C(C(=O)O[C@H]1C[N+]2(CC(=O)c3ccsc3)CCC1CC2)c1ccccc1. The van der Waals surface area contributed by atoms with Gasteiger partial charge in [-0.15, -0.1) is 0 Å². The molecule has 4 heterocycles. The summed E-state index contributed by atoms with van der Waals surface area (Å²) in [6.45, 7) is 3.19. The van der Waals surface area contributed by atoms with E-state index in [4.69, 9.17) is 4.74 Å². The quantitative estimate of drug-likeness (QED) is 0.262. The lowest BCUT2D eigenvalue weighted by Crippen LogP contribution is -2.65. The minimum atomic E-state index is -0.528. The second kappa shape index (κ2) is 9.72. The van der Waals surface area contributed by atoms with Crippen LogP contribution in [0.3, 0.4) is 0 Å². The number of carbonyl (C=O) groups is 2. The third-order valence-corrected chi connectivity index (χ3v) is 8.20. The number of hydrogen-bond donors (Lipinski definition) is 0. The predicted octanol–water partition coefficient (Wildman–Crippen LogP) is 4.96. The van der Waals surface area contributed by atoms with E-state index in [1.807, 2.05) is 89.4 Å². The Morgan fingerprint density at radius 2 is 1.71 bits per heavy atom. The number of benzene rings is 2. The minimum absolute atomic E-state index is 0.152. The number of hydrogen-bond acceptors (Lipinski definition) is 5. The van der Waals surface area contributed by atoms with Gasteiger partial charge in [-0.3, -0.25) is 4.79 Å². The molecule has 0 saturated carbocycles. The summed E-state index contributed by atoms with van der Waals surface area (Å²) in [5, 5.41) is 3.88. The minimum Gasteiger partial charge on any atom is -0.454 e. The lowest BCUT2D eigenvalue weighted by Gasteiger charge is -2.51. The van der Waals surface area contributed by atoms with Crippen LogP contribution in [0.25, 0.3) is 0 Å². The van der Waals surface area contributed by atoms with E-state index in [2.05, 4.69) is 0 Å². The molecule has 34 heavy (non-hydrogen) atoms. The number of carbonyl (C=O) groups excluding carboxylic acids is 2. The van der Waals surface area contributed by atoms with Gasteiger partial charge in [0.15, 0.2) is 12.1 Å². The molecule has 3 fully saturated rings. The number of fused-ring (bicyclic) bond motifs is 3. The van der Waals surface area contributed by atoms with Gasteiger partial charge in [0, 0.05) is 42.4 Å². The van der Waals surface area contributed by atoms with Crippen molar-refractivity contribution >= 4 is 28.8 Å². The molecule has 1 aromatic heterocycles. The molecule has 2 atom stereocenters. The maximum Gasteiger partial charge on any atom is 0.333 e. The molecular formula is C28H31N2O3S+. The number of piperidine rings is 3. The average molecular weight is 476 g/mol. The lowest BCUT2D eigenvalue weighted by molar-refractivity contribution is -0.938. The van der Waals surface area contributed by atoms with E-state index in [9.17, 15) is 9.59 Å². The van der Waals surface area contributed by atoms with E-state index in [1.165, 1.54) is 0 Å². The molecule has 2 aromatic carbocycles. The van der Waals surface area contributed by atoms with Crippen LogP contribution < -0.4 is 4.90 Å². The Bertz CT molecular complexity index is 1110. The van der Waals surface area contributed by atoms with Gasteiger partial charge in [0.1, 0.15) is 13.1 Å². The van der Waals surface area contributed by atoms with Crippen LogP contribution in [0.2, 0.25) is 0 Å². The zero-order chi connectivity index (χ0) is 23.5. The summed E-state index contributed by atoms with van der Waals surface area (Å²) < 4.78 is 7.01. The second-order valence-electron chi connectivity index (χ2n) is 9.64. The van der Waals surface area contributed by atoms with Crippen LogP contribution in [-0.2, 0) is 9.53 Å². The van der Waals surface area contributed by atoms with Crippen molar-refractivity contribution < 1.29 is 18.8 Å². The lowest BCUT2D eigenvalue weighted by atomic mass is 9.82. The van der Waals surface area contributed by atoms with Crippen LogP contribution >= 0.6 is 11.3 Å². The highest BCUT2D eigenvalue weighted by atomic mass is 32.1. The molecule has 3 aliphatic heterocycles. The van der Waals surface area contributed by atoms with Gasteiger partial charge in [-0.1, -0.05) is 48.5 Å². The summed E-state index contributed by atoms with van der Waals surface area (Å²) in [6.07, 6.45) is 1.85. The Hall–Kier alpha value is -2.96. The molecule has 3 aliphatic rings. The fourth-order valence-electron chi connectivity index (χ4n) is 5.57. The summed E-state index contributed by atoms with van der Waals surface area (Å²) in [5.41, 5.74) is 2.68. The first-order chi connectivity index (χ1) is 16.5. The third-order valence-electron chi connectivity index (χ3n) is 7.52. The Morgan fingerprint density at radius 3 is 2.35 bits per heavy atom. The number of esters is 1. The number of para-hydroxylation sites is 1. The van der Waals surface area contributed by atoms with Crippen molar-refractivity contribution in [1.29, 1.82) is 0 Å².